The zero-order valence-corrected chi connectivity index (χ0v) is 14.4. The number of ether oxygens (including phenoxy) is 1. The van der Waals surface area contributed by atoms with E-state index in [1.54, 1.807) is 6.92 Å². The van der Waals surface area contributed by atoms with Gasteiger partial charge in [-0.2, -0.15) is 4.68 Å². The van der Waals surface area contributed by atoms with Crippen molar-refractivity contribution >= 4 is 17.7 Å². The number of hydrogen-bond donors (Lipinski definition) is 1. The molecule has 0 saturated carbocycles. The van der Waals surface area contributed by atoms with Crippen LogP contribution in [0, 0.1) is 0 Å². The number of rotatable bonds is 6. The van der Waals surface area contributed by atoms with Gasteiger partial charge in [0.2, 0.25) is 11.1 Å². The minimum Gasteiger partial charge on any atom is -0.406 e. The number of carbonyl (C=O) groups is 1. The fraction of sp³-hybridized carbons (Fsp3) is 0.429. The van der Waals surface area contributed by atoms with Crippen molar-refractivity contribution in [2.45, 2.75) is 43.6 Å². The summed E-state index contributed by atoms with van der Waals surface area (Å²) in [5.41, 5.74) is 0.443. The Morgan fingerprint density at radius 2 is 1.88 bits per heavy atom. The number of carbonyl (C=O) groups excluding carboxylic acids is 1. The lowest BCUT2D eigenvalue weighted by Gasteiger charge is -2.14. The van der Waals surface area contributed by atoms with Crippen LogP contribution < -0.4 is 10.1 Å². The van der Waals surface area contributed by atoms with Gasteiger partial charge in [-0.3, -0.25) is 4.79 Å². The van der Waals surface area contributed by atoms with Crippen molar-refractivity contribution in [1.29, 1.82) is 0 Å². The molecule has 1 N–H and O–H groups in total. The number of amides is 1. The second kappa shape index (κ2) is 7.72. The fourth-order valence-electron chi connectivity index (χ4n) is 1.82. The molecule has 136 valence electrons. The normalized spacial score (nSPS) is 12.9. The van der Waals surface area contributed by atoms with Crippen molar-refractivity contribution in [1.82, 2.24) is 25.5 Å². The molecule has 0 spiro atoms. The van der Waals surface area contributed by atoms with E-state index in [0.717, 1.165) is 23.9 Å². The number of thioether (sulfide) groups is 1. The summed E-state index contributed by atoms with van der Waals surface area (Å²) in [5.74, 6) is -0.508. The first-order valence-electron chi connectivity index (χ1n) is 7.27. The second-order valence-electron chi connectivity index (χ2n) is 5.34. The van der Waals surface area contributed by atoms with E-state index in [1.807, 2.05) is 13.8 Å². The molecule has 1 amide bonds. The molecule has 2 rings (SSSR count). The summed E-state index contributed by atoms with van der Waals surface area (Å²) in [6.07, 6.45) is -4.75. The predicted molar refractivity (Wildman–Crippen MR) is 84.4 cm³/mol. The molecule has 0 aliphatic rings. The van der Waals surface area contributed by atoms with Crippen LogP contribution in [0.15, 0.2) is 29.4 Å². The van der Waals surface area contributed by atoms with Crippen LogP contribution in [0.1, 0.15) is 20.8 Å². The third-order valence-corrected chi connectivity index (χ3v) is 3.87. The van der Waals surface area contributed by atoms with Crippen LogP contribution in [0.25, 0.3) is 5.69 Å². The Morgan fingerprint density at radius 1 is 1.24 bits per heavy atom. The lowest BCUT2D eigenvalue weighted by molar-refractivity contribution is -0.274. The smallest absolute Gasteiger partial charge is 0.406 e. The number of nitrogens with one attached hydrogen (secondary N) is 1. The number of nitrogens with zero attached hydrogens (tertiary/aromatic N) is 4. The highest BCUT2D eigenvalue weighted by molar-refractivity contribution is 8.00. The van der Waals surface area contributed by atoms with Crippen molar-refractivity contribution in [3.05, 3.63) is 24.3 Å². The number of aromatic nitrogens is 4. The van der Waals surface area contributed by atoms with Gasteiger partial charge < -0.3 is 10.1 Å². The zero-order chi connectivity index (χ0) is 18.6. The molecule has 1 atom stereocenters. The van der Waals surface area contributed by atoms with Gasteiger partial charge in [0.05, 0.1) is 10.9 Å². The van der Waals surface area contributed by atoms with E-state index in [9.17, 15) is 18.0 Å². The molecule has 1 aromatic heterocycles. The van der Waals surface area contributed by atoms with Gasteiger partial charge in [0.25, 0.3) is 0 Å². The summed E-state index contributed by atoms with van der Waals surface area (Å²) in [7, 11) is 0. The molecule has 0 fully saturated rings. The Labute approximate surface area is 145 Å². The van der Waals surface area contributed by atoms with Crippen molar-refractivity contribution < 1.29 is 22.7 Å². The number of tetrazole rings is 1. The lowest BCUT2D eigenvalue weighted by atomic mass is 10.3. The maximum Gasteiger partial charge on any atom is 0.573 e. The van der Waals surface area contributed by atoms with Gasteiger partial charge in [-0.15, -0.1) is 18.3 Å². The van der Waals surface area contributed by atoms with E-state index in [-0.39, 0.29) is 17.7 Å². The van der Waals surface area contributed by atoms with Gasteiger partial charge >= 0.3 is 6.36 Å². The fourth-order valence-corrected chi connectivity index (χ4v) is 2.63. The zero-order valence-electron chi connectivity index (χ0n) is 13.6. The van der Waals surface area contributed by atoms with Crippen LogP contribution in [-0.2, 0) is 4.79 Å². The molecule has 1 unspecified atom stereocenters. The molecular weight excluding hydrogens is 359 g/mol. The van der Waals surface area contributed by atoms with Crippen molar-refractivity contribution in [3.8, 4) is 11.4 Å². The molecule has 0 saturated heterocycles. The van der Waals surface area contributed by atoms with Gasteiger partial charge in [0.1, 0.15) is 5.75 Å². The van der Waals surface area contributed by atoms with Crippen LogP contribution >= 0.6 is 11.8 Å². The van der Waals surface area contributed by atoms with E-state index in [0.29, 0.717) is 10.8 Å². The molecule has 7 nitrogen and oxygen atoms in total. The van der Waals surface area contributed by atoms with Crippen LogP contribution in [0.3, 0.4) is 0 Å². The molecule has 0 bridgehead atoms. The van der Waals surface area contributed by atoms with E-state index < -0.39 is 11.6 Å². The maximum atomic E-state index is 12.2. The Balaban J connectivity index is 2.12. The molecule has 0 aliphatic carbocycles. The molecule has 2 aromatic rings. The summed E-state index contributed by atoms with van der Waals surface area (Å²) in [6, 6.07) is 5.11. The molecule has 1 heterocycles. The van der Waals surface area contributed by atoms with E-state index in [2.05, 4.69) is 25.6 Å². The highest BCUT2D eigenvalue weighted by Gasteiger charge is 2.31. The van der Waals surface area contributed by atoms with Crippen LogP contribution in [0.5, 0.6) is 5.75 Å². The van der Waals surface area contributed by atoms with Crippen molar-refractivity contribution in [3.63, 3.8) is 0 Å². The number of hydrogen-bond acceptors (Lipinski definition) is 6. The van der Waals surface area contributed by atoms with Gasteiger partial charge in [-0.1, -0.05) is 11.8 Å². The first kappa shape index (κ1) is 19.0. The topological polar surface area (TPSA) is 81.9 Å². The van der Waals surface area contributed by atoms with Gasteiger partial charge in [0, 0.05) is 6.04 Å². The van der Waals surface area contributed by atoms with Crippen LogP contribution in [-0.4, -0.2) is 43.8 Å². The Bertz CT molecular complexity index is 718. The van der Waals surface area contributed by atoms with E-state index in [4.69, 9.17) is 0 Å². The van der Waals surface area contributed by atoms with Gasteiger partial charge in [-0.05, 0) is 55.5 Å². The average molecular weight is 375 g/mol. The highest BCUT2D eigenvalue weighted by atomic mass is 32.2. The number of halogens is 3. The molecular formula is C14H16F3N5O2S. The van der Waals surface area contributed by atoms with Crippen LogP contribution in [0.4, 0.5) is 13.2 Å². The van der Waals surface area contributed by atoms with Gasteiger partial charge in [0.15, 0.2) is 0 Å². The summed E-state index contributed by atoms with van der Waals surface area (Å²) in [6.45, 7) is 5.41. The first-order chi connectivity index (χ1) is 11.7. The maximum absolute atomic E-state index is 12.2. The van der Waals surface area contributed by atoms with Crippen molar-refractivity contribution in [2.24, 2.45) is 0 Å². The Hall–Kier alpha value is -2.30. The summed E-state index contributed by atoms with van der Waals surface area (Å²) in [4.78, 5) is 12.0. The third kappa shape index (κ3) is 5.62. The van der Waals surface area contributed by atoms with E-state index in [1.165, 1.54) is 16.8 Å². The predicted octanol–water partition coefficient (Wildman–Crippen LogP) is 2.57. The minimum absolute atomic E-state index is 0.00715. The molecule has 0 radical (unpaired) electrons. The third-order valence-electron chi connectivity index (χ3n) is 2.84. The Morgan fingerprint density at radius 3 is 2.44 bits per heavy atom. The van der Waals surface area contributed by atoms with E-state index >= 15 is 0 Å². The number of benzene rings is 1. The van der Waals surface area contributed by atoms with Gasteiger partial charge in [-0.25, -0.2) is 0 Å². The number of alkyl halides is 3. The first-order valence-corrected chi connectivity index (χ1v) is 8.15. The Kier molecular flexibility index (Phi) is 5.88. The highest BCUT2D eigenvalue weighted by Crippen LogP contribution is 2.26. The molecule has 25 heavy (non-hydrogen) atoms. The molecule has 1 aromatic carbocycles. The standard InChI is InChI=1S/C14H16F3N5O2S/c1-8(2)18-12(23)9(3)25-13-19-20-21-22(13)10-4-6-11(7-5-10)24-14(15,16)17/h4-9H,1-3H3,(H,18,23). The molecule has 11 heteroatoms. The lowest BCUT2D eigenvalue weighted by Crippen LogP contribution is -2.36. The van der Waals surface area contributed by atoms with Crippen molar-refractivity contribution in [2.75, 3.05) is 0 Å². The summed E-state index contributed by atoms with van der Waals surface area (Å²) < 4.78 is 41.7. The van der Waals surface area contributed by atoms with Crippen LogP contribution in [0.2, 0.25) is 0 Å². The SMILES string of the molecule is CC(C)NC(=O)C(C)Sc1nnnn1-c1ccc(OC(F)(F)F)cc1. The monoisotopic (exact) mass is 375 g/mol. The summed E-state index contributed by atoms with van der Waals surface area (Å²) >= 11 is 1.14. The minimum atomic E-state index is -4.75. The second-order valence-corrected chi connectivity index (χ2v) is 6.65. The quantitative estimate of drug-likeness (QED) is 0.782. The summed E-state index contributed by atoms with van der Waals surface area (Å²) in [5, 5.41) is 13.9. The largest absolute Gasteiger partial charge is 0.573 e. The average Bonchev–Trinajstić information content (AvgIpc) is 2.93. The molecule has 0 aliphatic heterocycles.